The van der Waals surface area contributed by atoms with Crippen LogP contribution in [0.1, 0.15) is 29.3 Å². The van der Waals surface area contributed by atoms with Gasteiger partial charge in [0, 0.05) is 5.56 Å². The molecular formula is C20H18O6. The Morgan fingerprint density at radius 3 is 2.73 bits per heavy atom. The van der Waals surface area contributed by atoms with Crippen LogP contribution in [0.25, 0.3) is 6.08 Å². The molecule has 6 heteroatoms. The second kappa shape index (κ2) is 7.74. The molecule has 0 amide bonds. The number of benzene rings is 2. The molecule has 2 aromatic rings. The van der Waals surface area contributed by atoms with Crippen LogP contribution >= 0.6 is 0 Å². The number of Topliss-reactive ketones (excluding diaryl/α,β-unsaturated/α-hetero) is 1. The maximum Gasteiger partial charge on any atom is 0.339 e. The van der Waals surface area contributed by atoms with Gasteiger partial charge in [-0.25, -0.2) is 4.79 Å². The molecule has 1 N–H and O–H groups in total. The van der Waals surface area contributed by atoms with Gasteiger partial charge in [0.25, 0.3) is 0 Å². The number of ketones is 1. The molecule has 3 rings (SSSR count). The van der Waals surface area contributed by atoms with Crippen molar-refractivity contribution in [1.82, 2.24) is 0 Å². The highest BCUT2D eigenvalue weighted by Gasteiger charge is 2.21. The molecule has 0 bridgehead atoms. The summed E-state index contributed by atoms with van der Waals surface area (Å²) in [7, 11) is 0. The minimum atomic E-state index is -1.30. The largest absolute Gasteiger partial charge is 0.494 e. The van der Waals surface area contributed by atoms with E-state index >= 15 is 0 Å². The normalized spacial score (nSPS) is 12.7. The Morgan fingerprint density at radius 1 is 1.15 bits per heavy atom. The topological polar surface area (TPSA) is 82.1 Å². The van der Waals surface area contributed by atoms with Gasteiger partial charge < -0.3 is 19.3 Å². The first kappa shape index (κ1) is 17.5. The average Bonchev–Trinajstić information content (AvgIpc) is 3.11. The predicted octanol–water partition coefficient (Wildman–Crippen LogP) is 3.56. The van der Waals surface area contributed by atoms with E-state index in [1.165, 1.54) is 6.08 Å². The fraction of sp³-hybridized carbons (Fsp3) is 0.200. The van der Waals surface area contributed by atoms with Crippen molar-refractivity contribution in [3.8, 4) is 17.2 Å². The molecule has 0 fully saturated rings. The lowest BCUT2D eigenvalue weighted by atomic mass is 10.0. The second-order valence-corrected chi connectivity index (χ2v) is 5.68. The first-order chi connectivity index (χ1) is 12.6. The number of carboxylic acids is 1. The van der Waals surface area contributed by atoms with Gasteiger partial charge in [-0.2, -0.15) is 0 Å². The van der Waals surface area contributed by atoms with Crippen molar-refractivity contribution < 1.29 is 28.9 Å². The highest BCUT2D eigenvalue weighted by molar-refractivity contribution is 6.26. The number of hydrogen-bond donors (Lipinski definition) is 1. The van der Waals surface area contributed by atoms with Crippen molar-refractivity contribution in [3.63, 3.8) is 0 Å². The Morgan fingerprint density at radius 2 is 1.96 bits per heavy atom. The van der Waals surface area contributed by atoms with Gasteiger partial charge in [-0.05, 0) is 42.3 Å². The van der Waals surface area contributed by atoms with Gasteiger partial charge in [0.15, 0.2) is 17.3 Å². The summed E-state index contributed by atoms with van der Waals surface area (Å²) < 4.78 is 16.0. The molecule has 1 heterocycles. The minimum Gasteiger partial charge on any atom is -0.494 e. The van der Waals surface area contributed by atoms with Gasteiger partial charge in [-0.1, -0.05) is 25.1 Å². The number of hydrogen-bond acceptors (Lipinski definition) is 5. The Bertz CT molecular complexity index is 868. The number of carbonyl (C=O) groups excluding carboxylic acids is 1. The van der Waals surface area contributed by atoms with Crippen LogP contribution in [0.15, 0.2) is 48.0 Å². The van der Waals surface area contributed by atoms with E-state index in [-0.39, 0.29) is 17.9 Å². The predicted molar refractivity (Wildman–Crippen MR) is 94.7 cm³/mol. The minimum absolute atomic E-state index is 0.123. The maximum atomic E-state index is 12.7. The van der Waals surface area contributed by atoms with Gasteiger partial charge >= 0.3 is 5.97 Å². The molecule has 0 radical (unpaired) electrons. The van der Waals surface area contributed by atoms with Crippen LogP contribution in [0.4, 0.5) is 0 Å². The van der Waals surface area contributed by atoms with E-state index in [0.717, 1.165) is 6.42 Å². The number of fused-ring (bicyclic) bond motifs is 1. The molecule has 0 atom stereocenters. The van der Waals surface area contributed by atoms with Crippen molar-refractivity contribution in [1.29, 1.82) is 0 Å². The van der Waals surface area contributed by atoms with Gasteiger partial charge in [-0.3, -0.25) is 4.79 Å². The smallest absolute Gasteiger partial charge is 0.339 e. The number of aliphatic carboxylic acids is 1. The van der Waals surface area contributed by atoms with Crippen molar-refractivity contribution in [2.45, 2.75) is 13.3 Å². The van der Waals surface area contributed by atoms with Gasteiger partial charge in [-0.15, -0.1) is 0 Å². The van der Waals surface area contributed by atoms with Crippen molar-refractivity contribution in [2.75, 3.05) is 13.4 Å². The van der Waals surface area contributed by atoms with Crippen LogP contribution < -0.4 is 14.2 Å². The molecule has 0 unspecified atom stereocenters. The van der Waals surface area contributed by atoms with Crippen molar-refractivity contribution in [2.24, 2.45) is 0 Å². The number of ether oxygens (including phenoxy) is 3. The van der Waals surface area contributed by atoms with Crippen LogP contribution in [0.5, 0.6) is 17.2 Å². The van der Waals surface area contributed by atoms with E-state index in [2.05, 4.69) is 0 Å². The molecule has 0 aromatic heterocycles. The maximum absolute atomic E-state index is 12.7. The Hall–Kier alpha value is -3.28. The highest BCUT2D eigenvalue weighted by Crippen LogP contribution is 2.33. The number of carboxylic acid groups (broad SMARTS) is 1. The SMILES string of the molecule is CCCOc1cccc(C(=O)/C(=C/c2ccc3c(c2)OCO3)C(=O)O)c1. The molecular weight excluding hydrogens is 336 g/mol. The fourth-order valence-corrected chi connectivity index (χ4v) is 2.50. The third-order valence-corrected chi connectivity index (χ3v) is 3.75. The molecule has 6 nitrogen and oxygen atoms in total. The lowest BCUT2D eigenvalue weighted by molar-refractivity contribution is -0.132. The molecule has 0 saturated heterocycles. The molecule has 0 saturated carbocycles. The van der Waals surface area contributed by atoms with Crippen LogP contribution in [0, 0.1) is 0 Å². The van der Waals surface area contributed by atoms with E-state index in [0.29, 0.717) is 29.4 Å². The zero-order valence-corrected chi connectivity index (χ0v) is 14.2. The van der Waals surface area contributed by atoms with E-state index in [1.807, 2.05) is 6.92 Å². The molecule has 134 valence electrons. The van der Waals surface area contributed by atoms with E-state index in [4.69, 9.17) is 14.2 Å². The summed E-state index contributed by atoms with van der Waals surface area (Å²) in [5.41, 5.74) is 0.461. The van der Waals surface area contributed by atoms with Crippen LogP contribution in [0.2, 0.25) is 0 Å². The van der Waals surface area contributed by atoms with E-state index in [1.54, 1.807) is 42.5 Å². The molecule has 1 aliphatic heterocycles. The average molecular weight is 354 g/mol. The molecule has 26 heavy (non-hydrogen) atoms. The zero-order valence-electron chi connectivity index (χ0n) is 14.2. The third kappa shape index (κ3) is 3.85. The zero-order chi connectivity index (χ0) is 18.5. The summed E-state index contributed by atoms with van der Waals surface area (Å²) in [5.74, 6) is -0.243. The van der Waals surface area contributed by atoms with Gasteiger partial charge in [0.2, 0.25) is 6.79 Å². The van der Waals surface area contributed by atoms with E-state index in [9.17, 15) is 14.7 Å². The number of rotatable bonds is 7. The summed E-state index contributed by atoms with van der Waals surface area (Å²) >= 11 is 0. The summed E-state index contributed by atoms with van der Waals surface area (Å²) in [6.07, 6.45) is 2.16. The van der Waals surface area contributed by atoms with Crippen LogP contribution in [0.3, 0.4) is 0 Å². The lowest BCUT2D eigenvalue weighted by Gasteiger charge is -2.07. The summed E-state index contributed by atoms with van der Waals surface area (Å²) in [6, 6.07) is 11.5. The van der Waals surface area contributed by atoms with Gasteiger partial charge in [0.1, 0.15) is 11.3 Å². The van der Waals surface area contributed by atoms with Crippen LogP contribution in [-0.2, 0) is 4.79 Å². The lowest BCUT2D eigenvalue weighted by Crippen LogP contribution is -2.12. The van der Waals surface area contributed by atoms with Crippen molar-refractivity contribution >= 4 is 17.8 Å². The summed E-state index contributed by atoms with van der Waals surface area (Å²) in [5, 5.41) is 9.49. The fourth-order valence-electron chi connectivity index (χ4n) is 2.50. The monoisotopic (exact) mass is 354 g/mol. The van der Waals surface area contributed by atoms with E-state index < -0.39 is 11.8 Å². The molecule has 0 aliphatic carbocycles. The van der Waals surface area contributed by atoms with Crippen molar-refractivity contribution in [3.05, 3.63) is 59.2 Å². The third-order valence-electron chi connectivity index (χ3n) is 3.75. The highest BCUT2D eigenvalue weighted by atomic mass is 16.7. The van der Waals surface area contributed by atoms with Crippen LogP contribution in [-0.4, -0.2) is 30.3 Å². The molecule has 0 spiro atoms. The van der Waals surface area contributed by atoms with Gasteiger partial charge in [0.05, 0.1) is 6.61 Å². The Kier molecular flexibility index (Phi) is 5.22. The molecule has 1 aliphatic rings. The first-order valence-electron chi connectivity index (χ1n) is 8.20. The Labute approximate surface area is 150 Å². The quantitative estimate of drug-likeness (QED) is 0.354. The standard InChI is InChI=1S/C20H18O6/c1-2-8-24-15-5-3-4-14(11-15)19(21)16(20(22)23)9-13-6-7-17-18(10-13)26-12-25-17/h3-7,9-11H,2,8,12H2,1H3,(H,22,23)/b16-9-. The Balaban J connectivity index is 1.90. The summed E-state index contributed by atoms with van der Waals surface area (Å²) in [4.78, 5) is 24.3. The first-order valence-corrected chi connectivity index (χ1v) is 8.20. The second-order valence-electron chi connectivity index (χ2n) is 5.68. The summed E-state index contributed by atoms with van der Waals surface area (Å²) in [6.45, 7) is 2.62. The number of carbonyl (C=O) groups is 2. The molecule has 2 aromatic carbocycles.